The SMILES string of the molecule is CCN(CC(=O)Nc1c(F)cccc1F)C(C)C(=O)Nc1ccc(OC(F)(F)F)cc1. The summed E-state index contributed by atoms with van der Waals surface area (Å²) in [5.41, 5.74) is -0.359. The maximum absolute atomic E-state index is 13.7. The summed E-state index contributed by atoms with van der Waals surface area (Å²) in [5.74, 6) is -3.55. The van der Waals surface area contributed by atoms with E-state index >= 15 is 0 Å². The molecule has 0 fully saturated rings. The summed E-state index contributed by atoms with van der Waals surface area (Å²) >= 11 is 0. The molecular formula is C20H20F5N3O3. The summed E-state index contributed by atoms with van der Waals surface area (Å²) in [6, 6.07) is 6.88. The van der Waals surface area contributed by atoms with E-state index in [1.165, 1.54) is 24.0 Å². The number of nitrogens with zero attached hydrogens (tertiary/aromatic N) is 1. The summed E-state index contributed by atoms with van der Waals surface area (Å²) in [5, 5.41) is 4.66. The summed E-state index contributed by atoms with van der Waals surface area (Å²) in [6.45, 7) is 3.14. The van der Waals surface area contributed by atoms with Gasteiger partial charge in [0.15, 0.2) is 0 Å². The quantitative estimate of drug-likeness (QED) is 0.599. The molecule has 0 spiro atoms. The molecule has 1 atom stereocenters. The Bertz CT molecular complexity index is 899. The van der Waals surface area contributed by atoms with Crippen LogP contribution in [0.3, 0.4) is 0 Å². The molecule has 0 aromatic heterocycles. The van der Waals surface area contributed by atoms with E-state index in [9.17, 15) is 31.5 Å². The van der Waals surface area contributed by atoms with E-state index in [-0.39, 0.29) is 18.8 Å². The predicted octanol–water partition coefficient (Wildman–Crippen LogP) is 4.15. The fourth-order valence-corrected chi connectivity index (χ4v) is 2.66. The van der Waals surface area contributed by atoms with Gasteiger partial charge in [-0.15, -0.1) is 13.2 Å². The fraction of sp³-hybridized carbons (Fsp3) is 0.300. The fourth-order valence-electron chi connectivity index (χ4n) is 2.66. The van der Waals surface area contributed by atoms with Gasteiger partial charge in [0.05, 0.1) is 12.6 Å². The number of anilines is 2. The lowest BCUT2D eigenvalue weighted by Gasteiger charge is -2.26. The lowest BCUT2D eigenvalue weighted by Crippen LogP contribution is -2.45. The van der Waals surface area contributed by atoms with Crippen molar-refractivity contribution in [3.05, 3.63) is 54.1 Å². The first-order valence-corrected chi connectivity index (χ1v) is 9.14. The number of hydrogen-bond acceptors (Lipinski definition) is 4. The number of rotatable bonds is 8. The largest absolute Gasteiger partial charge is 0.573 e. The number of carbonyl (C=O) groups is 2. The molecule has 2 N–H and O–H groups in total. The van der Waals surface area contributed by atoms with Gasteiger partial charge in [0.2, 0.25) is 11.8 Å². The van der Waals surface area contributed by atoms with Crippen LogP contribution in [0.15, 0.2) is 42.5 Å². The highest BCUT2D eigenvalue weighted by atomic mass is 19.4. The van der Waals surface area contributed by atoms with Gasteiger partial charge in [0.1, 0.15) is 23.1 Å². The van der Waals surface area contributed by atoms with Crippen LogP contribution in [0.4, 0.5) is 33.3 Å². The first-order chi connectivity index (χ1) is 14.5. The molecule has 0 aliphatic heterocycles. The summed E-state index contributed by atoms with van der Waals surface area (Å²) in [7, 11) is 0. The van der Waals surface area contributed by atoms with Crippen LogP contribution in [-0.2, 0) is 9.59 Å². The number of ether oxygens (including phenoxy) is 1. The lowest BCUT2D eigenvalue weighted by atomic mass is 10.2. The van der Waals surface area contributed by atoms with Gasteiger partial charge in [-0.25, -0.2) is 8.78 Å². The van der Waals surface area contributed by atoms with E-state index < -0.39 is 47.3 Å². The van der Waals surface area contributed by atoms with Crippen LogP contribution in [0.25, 0.3) is 0 Å². The molecule has 2 aromatic rings. The van der Waals surface area contributed by atoms with Crippen molar-refractivity contribution in [3.63, 3.8) is 0 Å². The van der Waals surface area contributed by atoms with Crippen molar-refractivity contribution in [3.8, 4) is 5.75 Å². The summed E-state index contributed by atoms with van der Waals surface area (Å²) in [4.78, 5) is 26.1. The maximum atomic E-state index is 13.7. The van der Waals surface area contributed by atoms with Crippen LogP contribution < -0.4 is 15.4 Å². The molecule has 0 radical (unpaired) electrons. The summed E-state index contributed by atoms with van der Waals surface area (Å²) in [6.07, 6.45) is -4.83. The molecule has 168 valence electrons. The highest BCUT2D eigenvalue weighted by molar-refractivity contribution is 5.96. The van der Waals surface area contributed by atoms with Crippen molar-refractivity contribution >= 4 is 23.2 Å². The van der Waals surface area contributed by atoms with Crippen molar-refractivity contribution in [2.24, 2.45) is 0 Å². The second-order valence-corrected chi connectivity index (χ2v) is 6.45. The molecule has 2 rings (SSSR count). The van der Waals surface area contributed by atoms with Crippen LogP contribution in [-0.4, -0.2) is 42.2 Å². The number of carbonyl (C=O) groups excluding carboxylic acids is 2. The molecule has 2 amide bonds. The van der Waals surface area contributed by atoms with Crippen molar-refractivity contribution < 1.29 is 36.3 Å². The molecule has 31 heavy (non-hydrogen) atoms. The molecule has 0 heterocycles. The minimum Gasteiger partial charge on any atom is -0.406 e. The van der Waals surface area contributed by atoms with Crippen LogP contribution >= 0.6 is 0 Å². The minimum atomic E-state index is -4.83. The van der Waals surface area contributed by atoms with Gasteiger partial charge >= 0.3 is 6.36 Å². The van der Waals surface area contributed by atoms with Crippen molar-refractivity contribution in [2.45, 2.75) is 26.3 Å². The molecule has 11 heteroatoms. The number of halogens is 5. The zero-order chi connectivity index (χ0) is 23.2. The van der Waals surface area contributed by atoms with Gasteiger partial charge in [0, 0.05) is 5.69 Å². The third-order valence-corrected chi connectivity index (χ3v) is 4.26. The minimum absolute atomic E-state index is 0.223. The third kappa shape index (κ3) is 7.21. The average Bonchev–Trinajstić information content (AvgIpc) is 2.69. The smallest absolute Gasteiger partial charge is 0.406 e. The number of nitrogens with one attached hydrogen (secondary N) is 2. The highest BCUT2D eigenvalue weighted by Crippen LogP contribution is 2.24. The normalized spacial score (nSPS) is 12.4. The number of hydrogen-bond donors (Lipinski definition) is 2. The molecule has 1 unspecified atom stereocenters. The van der Waals surface area contributed by atoms with E-state index in [2.05, 4.69) is 15.4 Å². The Labute approximate surface area is 175 Å². The molecule has 0 aliphatic rings. The van der Waals surface area contributed by atoms with Gasteiger partial charge in [-0.2, -0.15) is 0 Å². The molecule has 0 aliphatic carbocycles. The Kier molecular flexibility index (Phi) is 7.92. The molecular weight excluding hydrogens is 425 g/mol. The zero-order valence-corrected chi connectivity index (χ0v) is 16.6. The zero-order valence-electron chi connectivity index (χ0n) is 16.6. The molecule has 6 nitrogen and oxygen atoms in total. The number of alkyl halides is 3. The van der Waals surface area contributed by atoms with Gasteiger partial charge < -0.3 is 15.4 Å². The van der Waals surface area contributed by atoms with Gasteiger partial charge in [-0.1, -0.05) is 13.0 Å². The highest BCUT2D eigenvalue weighted by Gasteiger charge is 2.31. The molecule has 0 bridgehead atoms. The van der Waals surface area contributed by atoms with Crippen molar-refractivity contribution in [2.75, 3.05) is 23.7 Å². The van der Waals surface area contributed by atoms with Crippen LogP contribution in [0.1, 0.15) is 13.8 Å². The van der Waals surface area contributed by atoms with E-state index in [4.69, 9.17) is 0 Å². The Morgan fingerprint density at radius 1 is 1.03 bits per heavy atom. The van der Waals surface area contributed by atoms with Gasteiger partial charge in [0.25, 0.3) is 0 Å². The summed E-state index contributed by atoms with van der Waals surface area (Å²) < 4.78 is 67.7. The van der Waals surface area contributed by atoms with Crippen LogP contribution in [0.5, 0.6) is 5.75 Å². The molecule has 2 aromatic carbocycles. The third-order valence-electron chi connectivity index (χ3n) is 4.26. The Hall–Kier alpha value is -3.21. The van der Waals surface area contributed by atoms with Gasteiger partial charge in [-0.3, -0.25) is 14.5 Å². The molecule has 0 saturated carbocycles. The van der Waals surface area contributed by atoms with Gasteiger partial charge in [-0.05, 0) is 49.9 Å². The average molecular weight is 445 g/mol. The second kappa shape index (κ2) is 10.2. The number of likely N-dealkylation sites (N-methyl/N-ethyl adjacent to an activating group) is 1. The number of benzene rings is 2. The Morgan fingerprint density at radius 3 is 2.13 bits per heavy atom. The van der Waals surface area contributed by atoms with Crippen molar-refractivity contribution in [1.29, 1.82) is 0 Å². The van der Waals surface area contributed by atoms with E-state index in [1.807, 2.05) is 0 Å². The van der Waals surface area contributed by atoms with E-state index in [0.717, 1.165) is 30.3 Å². The Balaban J connectivity index is 1.97. The first-order valence-electron chi connectivity index (χ1n) is 9.14. The maximum Gasteiger partial charge on any atom is 0.573 e. The first kappa shape index (κ1) is 24.1. The van der Waals surface area contributed by atoms with Crippen molar-refractivity contribution in [1.82, 2.24) is 4.90 Å². The number of para-hydroxylation sites is 1. The van der Waals surface area contributed by atoms with Crippen LogP contribution in [0, 0.1) is 11.6 Å². The van der Waals surface area contributed by atoms with E-state index in [0.29, 0.717) is 0 Å². The topological polar surface area (TPSA) is 70.7 Å². The lowest BCUT2D eigenvalue weighted by molar-refractivity contribution is -0.274. The second-order valence-electron chi connectivity index (χ2n) is 6.45. The van der Waals surface area contributed by atoms with E-state index in [1.54, 1.807) is 6.92 Å². The monoisotopic (exact) mass is 445 g/mol. The van der Waals surface area contributed by atoms with Crippen LogP contribution in [0.2, 0.25) is 0 Å². The standard InChI is InChI=1S/C20H20F5N3O3/c1-3-28(11-17(29)27-18-15(21)5-4-6-16(18)22)12(2)19(30)26-13-7-9-14(10-8-13)31-20(23,24)25/h4-10,12H,3,11H2,1-2H3,(H,26,30)(H,27,29). The Morgan fingerprint density at radius 2 is 1.61 bits per heavy atom. The molecule has 0 saturated heterocycles. The number of amides is 2. The predicted molar refractivity (Wildman–Crippen MR) is 103 cm³/mol.